The third-order valence-electron chi connectivity index (χ3n) is 4.08. The Morgan fingerprint density at radius 2 is 2.20 bits per heavy atom. The van der Waals surface area contributed by atoms with Gasteiger partial charge in [0.1, 0.15) is 12.6 Å². The van der Waals surface area contributed by atoms with Crippen LogP contribution in [0.5, 0.6) is 0 Å². The van der Waals surface area contributed by atoms with E-state index in [1.807, 2.05) is 19.1 Å². The zero-order valence-corrected chi connectivity index (χ0v) is 14.2. The number of carbonyl (C=O) groups is 2. The molecule has 0 spiro atoms. The monoisotopic (exact) mass is 343 g/mol. The van der Waals surface area contributed by atoms with Gasteiger partial charge in [-0.2, -0.15) is 5.10 Å². The van der Waals surface area contributed by atoms with Gasteiger partial charge in [-0.3, -0.25) is 14.3 Å². The van der Waals surface area contributed by atoms with Gasteiger partial charge in [-0.1, -0.05) is 0 Å². The Kier molecular flexibility index (Phi) is 4.82. The molecule has 3 rings (SSSR count). The van der Waals surface area contributed by atoms with E-state index >= 15 is 0 Å². The Labute approximate surface area is 145 Å². The van der Waals surface area contributed by atoms with Crippen LogP contribution in [-0.2, 0) is 21.4 Å². The summed E-state index contributed by atoms with van der Waals surface area (Å²) < 4.78 is 6.75. The molecule has 2 amide bonds. The number of nitrogens with one attached hydrogen (secondary N) is 1. The first-order valence-electron chi connectivity index (χ1n) is 8.00. The number of aromatic nitrogens is 2. The van der Waals surface area contributed by atoms with E-state index in [0.717, 1.165) is 11.3 Å². The van der Waals surface area contributed by atoms with E-state index in [4.69, 9.17) is 10.5 Å². The fourth-order valence-electron chi connectivity index (χ4n) is 2.76. The molecular formula is C17H21N5O3. The summed E-state index contributed by atoms with van der Waals surface area (Å²) in [5.41, 5.74) is 8.79. The maximum absolute atomic E-state index is 12.3. The van der Waals surface area contributed by atoms with Gasteiger partial charge in [0.05, 0.1) is 12.3 Å². The highest BCUT2D eigenvalue weighted by Crippen LogP contribution is 2.25. The van der Waals surface area contributed by atoms with Crippen molar-refractivity contribution < 1.29 is 14.3 Å². The van der Waals surface area contributed by atoms with Gasteiger partial charge in [-0.15, -0.1) is 0 Å². The molecule has 0 radical (unpaired) electrons. The summed E-state index contributed by atoms with van der Waals surface area (Å²) in [6.45, 7) is 3.03. The average Bonchev–Trinajstić information content (AvgIpc) is 3.01. The molecule has 1 aliphatic heterocycles. The minimum atomic E-state index is -0.845. The molecule has 1 aliphatic rings. The first-order valence-corrected chi connectivity index (χ1v) is 8.00. The Morgan fingerprint density at radius 1 is 1.40 bits per heavy atom. The molecule has 2 heterocycles. The Morgan fingerprint density at radius 3 is 2.84 bits per heavy atom. The van der Waals surface area contributed by atoms with Gasteiger partial charge in [0.15, 0.2) is 0 Å². The van der Waals surface area contributed by atoms with Crippen molar-refractivity contribution in [2.75, 3.05) is 30.0 Å². The molecular weight excluding hydrogens is 322 g/mol. The zero-order chi connectivity index (χ0) is 18.0. The standard InChI is InChI=1S/C17H21N5O3/c1-11-9-12(3-4-14(11)22-7-8-25-10-15(22)23)19-17(24)16(18)13-5-6-21(2)20-13/h3-6,9,16H,7-8,10,18H2,1-2H3,(H,19,24). The number of morpholine rings is 1. The number of carbonyl (C=O) groups excluding carboxylic acids is 2. The highest BCUT2D eigenvalue weighted by Gasteiger charge is 2.22. The summed E-state index contributed by atoms with van der Waals surface area (Å²) in [4.78, 5) is 26.0. The minimum absolute atomic E-state index is 0.0664. The van der Waals surface area contributed by atoms with E-state index in [9.17, 15) is 9.59 Å². The summed E-state index contributed by atoms with van der Waals surface area (Å²) in [5.74, 6) is -0.406. The Bertz CT molecular complexity index is 801. The van der Waals surface area contributed by atoms with Crippen LogP contribution in [0.4, 0.5) is 11.4 Å². The van der Waals surface area contributed by atoms with Crippen LogP contribution in [0.25, 0.3) is 0 Å². The lowest BCUT2D eigenvalue weighted by Crippen LogP contribution is -2.42. The number of aryl methyl sites for hydroxylation is 2. The summed E-state index contributed by atoms with van der Waals surface area (Å²) in [7, 11) is 1.77. The molecule has 1 unspecified atom stereocenters. The molecule has 8 heteroatoms. The van der Waals surface area contributed by atoms with Crippen LogP contribution >= 0.6 is 0 Å². The van der Waals surface area contributed by atoms with Crippen LogP contribution in [0.2, 0.25) is 0 Å². The number of anilines is 2. The number of amides is 2. The first-order chi connectivity index (χ1) is 12.0. The lowest BCUT2D eigenvalue weighted by Gasteiger charge is -2.28. The van der Waals surface area contributed by atoms with Crippen molar-refractivity contribution in [1.29, 1.82) is 0 Å². The van der Waals surface area contributed by atoms with E-state index in [1.165, 1.54) is 0 Å². The van der Waals surface area contributed by atoms with Crippen LogP contribution in [0.3, 0.4) is 0 Å². The van der Waals surface area contributed by atoms with Crippen LogP contribution in [-0.4, -0.2) is 41.4 Å². The van der Waals surface area contributed by atoms with Gasteiger partial charge in [0, 0.05) is 31.2 Å². The van der Waals surface area contributed by atoms with Crippen molar-refractivity contribution in [3.63, 3.8) is 0 Å². The van der Waals surface area contributed by atoms with E-state index in [1.54, 1.807) is 35.0 Å². The SMILES string of the molecule is Cc1cc(NC(=O)C(N)c2ccn(C)n2)ccc1N1CCOCC1=O. The number of benzene rings is 1. The Hall–Kier alpha value is -2.71. The van der Waals surface area contributed by atoms with Gasteiger partial charge in [0.2, 0.25) is 5.91 Å². The van der Waals surface area contributed by atoms with Crippen molar-refractivity contribution in [2.45, 2.75) is 13.0 Å². The second-order valence-corrected chi connectivity index (χ2v) is 5.98. The normalized spacial score (nSPS) is 16.0. The third-order valence-corrected chi connectivity index (χ3v) is 4.08. The maximum atomic E-state index is 12.3. The molecule has 25 heavy (non-hydrogen) atoms. The molecule has 1 aromatic carbocycles. The van der Waals surface area contributed by atoms with Crippen LogP contribution in [0.1, 0.15) is 17.3 Å². The van der Waals surface area contributed by atoms with Crippen LogP contribution < -0.4 is 16.0 Å². The molecule has 1 atom stereocenters. The first kappa shape index (κ1) is 17.1. The van der Waals surface area contributed by atoms with Gasteiger partial charge in [0.25, 0.3) is 5.91 Å². The minimum Gasteiger partial charge on any atom is -0.370 e. The number of nitrogens with zero attached hydrogens (tertiary/aromatic N) is 3. The molecule has 3 N–H and O–H groups in total. The molecule has 1 aromatic heterocycles. The summed E-state index contributed by atoms with van der Waals surface area (Å²) in [6.07, 6.45) is 1.74. The number of rotatable bonds is 4. The van der Waals surface area contributed by atoms with Crippen molar-refractivity contribution in [2.24, 2.45) is 12.8 Å². The molecule has 0 bridgehead atoms. The quantitative estimate of drug-likeness (QED) is 0.852. The lowest BCUT2D eigenvalue weighted by atomic mass is 10.1. The van der Waals surface area contributed by atoms with Crippen molar-refractivity contribution in [1.82, 2.24) is 9.78 Å². The molecule has 2 aromatic rings. The van der Waals surface area contributed by atoms with Crippen LogP contribution in [0.15, 0.2) is 30.5 Å². The van der Waals surface area contributed by atoms with Gasteiger partial charge in [-0.25, -0.2) is 0 Å². The number of nitrogens with two attached hydrogens (primary N) is 1. The summed E-state index contributed by atoms with van der Waals surface area (Å²) in [6, 6.07) is 6.26. The fourth-order valence-corrected chi connectivity index (χ4v) is 2.76. The van der Waals surface area contributed by atoms with Gasteiger partial charge < -0.3 is 20.7 Å². The highest BCUT2D eigenvalue weighted by atomic mass is 16.5. The predicted octanol–water partition coefficient (Wildman–Crippen LogP) is 0.730. The zero-order valence-electron chi connectivity index (χ0n) is 14.2. The Balaban J connectivity index is 1.72. The van der Waals surface area contributed by atoms with Crippen molar-refractivity contribution in [3.8, 4) is 0 Å². The van der Waals surface area contributed by atoms with Crippen LogP contribution in [0, 0.1) is 6.92 Å². The fraction of sp³-hybridized carbons (Fsp3) is 0.353. The molecule has 1 saturated heterocycles. The van der Waals surface area contributed by atoms with Gasteiger partial charge in [-0.05, 0) is 36.8 Å². The summed E-state index contributed by atoms with van der Waals surface area (Å²) in [5, 5.41) is 6.94. The van der Waals surface area contributed by atoms with E-state index in [-0.39, 0.29) is 18.4 Å². The second kappa shape index (κ2) is 7.04. The lowest BCUT2D eigenvalue weighted by molar-refractivity contribution is -0.125. The van der Waals surface area contributed by atoms with Gasteiger partial charge >= 0.3 is 0 Å². The molecule has 132 valence electrons. The molecule has 8 nitrogen and oxygen atoms in total. The smallest absolute Gasteiger partial charge is 0.253 e. The average molecular weight is 343 g/mol. The summed E-state index contributed by atoms with van der Waals surface area (Å²) >= 11 is 0. The third kappa shape index (κ3) is 3.70. The number of ether oxygens (including phenoxy) is 1. The molecule has 1 fully saturated rings. The maximum Gasteiger partial charge on any atom is 0.253 e. The number of hydrogen-bond acceptors (Lipinski definition) is 5. The largest absolute Gasteiger partial charge is 0.370 e. The van der Waals surface area contributed by atoms with Crippen molar-refractivity contribution in [3.05, 3.63) is 41.7 Å². The van der Waals surface area contributed by atoms with Crippen molar-refractivity contribution >= 4 is 23.2 Å². The molecule has 0 aliphatic carbocycles. The van der Waals surface area contributed by atoms with E-state index in [0.29, 0.717) is 24.5 Å². The predicted molar refractivity (Wildman–Crippen MR) is 93.1 cm³/mol. The number of hydrogen-bond donors (Lipinski definition) is 2. The molecule has 0 saturated carbocycles. The highest BCUT2D eigenvalue weighted by molar-refractivity contribution is 5.97. The van der Waals surface area contributed by atoms with E-state index < -0.39 is 6.04 Å². The topological polar surface area (TPSA) is 102 Å². The van der Waals surface area contributed by atoms with E-state index in [2.05, 4.69) is 10.4 Å². The second-order valence-electron chi connectivity index (χ2n) is 5.98.